The average molecular weight is 262 g/mol. The monoisotopic (exact) mass is 262 g/mol. The molecule has 0 aromatic heterocycles. The van der Waals surface area contributed by atoms with E-state index >= 15 is 0 Å². The number of hydrogen-bond acceptors (Lipinski definition) is 2. The van der Waals surface area contributed by atoms with Crippen molar-refractivity contribution in [1.29, 1.82) is 0 Å². The molecule has 0 N–H and O–H groups in total. The maximum absolute atomic E-state index is 12.1. The number of carbonyl (C=O) groups is 1. The summed E-state index contributed by atoms with van der Waals surface area (Å²) < 4.78 is 5.44. The highest BCUT2D eigenvalue weighted by Gasteiger charge is 2.36. The molecule has 0 bridgehead atoms. The van der Waals surface area contributed by atoms with Gasteiger partial charge in [0.1, 0.15) is 5.75 Å². The summed E-state index contributed by atoms with van der Waals surface area (Å²) in [7, 11) is 1.87. The van der Waals surface area contributed by atoms with Crippen molar-refractivity contribution >= 4 is 6.03 Å². The van der Waals surface area contributed by atoms with E-state index in [2.05, 4.69) is 0 Å². The third-order valence-electron chi connectivity index (χ3n) is 3.58. The maximum Gasteiger partial charge on any atom is 0.320 e. The Hall–Kier alpha value is -1.71. The third kappa shape index (κ3) is 2.67. The highest BCUT2D eigenvalue weighted by atomic mass is 16.5. The lowest BCUT2D eigenvalue weighted by molar-refractivity contribution is 0.187. The van der Waals surface area contributed by atoms with Crippen molar-refractivity contribution in [3.05, 3.63) is 29.8 Å². The third-order valence-corrected chi connectivity index (χ3v) is 3.58. The Morgan fingerprint density at radius 3 is 2.42 bits per heavy atom. The van der Waals surface area contributed by atoms with Gasteiger partial charge in [-0.25, -0.2) is 4.79 Å². The molecule has 0 spiro atoms. The van der Waals surface area contributed by atoms with Crippen LogP contribution in [0, 0.1) is 0 Å². The lowest BCUT2D eigenvalue weighted by atomic mass is 10.1. The smallest absolute Gasteiger partial charge is 0.320 e. The van der Waals surface area contributed by atoms with Crippen LogP contribution in [0.1, 0.15) is 32.4 Å². The minimum atomic E-state index is 0.105. The molecule has 4 nitrogen and oxygen atoms in total. The van der Waals surface area contributed by atoms with E-state index in [0.717, 1.165) is 17.9 Å². The molecule has 1 saturated heterocycles. The number of ether oxygens (including phenoxy) is 1. The average Bonchev–Trinajstić information content (AvgIpc) is 2.68. The second kappa shape index (κ2) is 5.51. The van der Waals surface area contributed by atoms with Crippen LogP contribution in [0.3, 0.4) is 0 Å². The summed E-state index contributed by atoms with van der Waals surface area (Å²) >= 11 is 0. The van der Waals surface area contributed by atoms with E-state index < -0.39 is 0 Å². The highest BCUT2D eigenvalue weighted by molar-refractivity contribution is 5.77. The first-order valence-electron chi connectivity index (χ1n) is 6.80. The van der Waals surface area contributed by atoms with Gasteiger partial charge in [-0.1, -0.05) is 12.1 Å². The minimum absolute atomic E-state index is 0.105. The molecule has 1 aliphatic heterocycles. The summed E-state index contributed by atoms with van der Waals surface area (Å²) in [6.07, 6.45) is 0. The fourth-order valence-electron chi connectivity index (χ4n) is 2.44. The molecule has 2 amide bonds. The molecule has 1 aromatic rings. The van der Waals surface area contributed by atoms with Crippen molar-refractivity contribution in [2.24, 2.45) is 0 Å². The fraction of sp³-hybridized carbons (Fsp3) is 0.533. The Morgan fingerprint density at radius 1 is 1.32 bits per heavy atom. The van der Waals surface area contributed by atoms with Gasteiger partial charge in [-0.3, -0.25) is 0 Å². The molecule has 104 valence electrons. The first-order valence-corrected chi connectivity index (χ1v) is 6.80. The quantitative estimate of drug-likeness (QED) is 0.836. The molecule has 1 heterocycles. The van der Waals surface area contributed by atoms with Gasteiger partial charge in [0.2, 0.25) is 0 Å². The van der Waals surface area contributed by atoms with Crippen LogP contribution in [0.4, 0.5) is 4.79 Å². The van der Waals surface area contributed by atoms with Crippen molar-refractivity contribution in [3.63, 3.8) is 0 Å². The molecule has 0 saturated carbocycles. The Kier molecular flexibility index (Phi) is 3.98. The van der Waals surface area contributed by atoms with Crippen molar-refractivity contribution in [3.8, 4) is 5.75 Å². The van der Waals surface area contributed by atoms with E-state index in [0.29, 0.717) is 6.61 Å². The molecule has 1 atom stereocenters. The summed E-state index contributed by atoms with van der Waals surface area (Å²) in [5.74, 6) is 0.874. The van der Waals surface area contributed by atoms with Crippen LogP contribution < -0.4 is 4.74 Å². The molecule has 4 heteroatoms. The van der Waals surface area contributed by atoms with Gasteiger partial charge in [-0.15, -0.1) is 0 Å². The van der Waals surface area contributed by atoms with Gasteiger partial charge >= 0.3 is 6.03 Å². The summed E-state index contributed by atoms with van der Waals surface area (Å²) in [6.45, 7) is 7.49. The number of likely N-dealkylation sites (N-methyl/N-ethyl adjacent to an activating group) is 1. The van der Waals surface area contributed by atoms with E-state index in [1.54, 1.807) is 0 Å². The van der Waals surface area contributed by atoms with Crippen LogP contribution in [0.25, 0.3) is 0 Å². The predicted molar refractivity (Wildman–Crippen MR) is 75.4 cm³/mol. The van der Waals surface area contributed by atoms with Crippen LogP contribution in [-0.2, 0) is 0 Å². The fourth-order valence-corrected chi connectivity index (χ4v) is 2.44. The summed E-state index contributed by atoms with van der Waals surface area (Å²) in [5, 5.41) is 0. The second-order valence-corrected chi connectivity index (χ2v) is 5.16. The topological polar surface area (TPSA) is 32.8 Å². The van der Waals surface area contributed by atoms with Crippen molar-refractivity contribution in [2.45, 2.75) is 32.9 Å². The largest absolute Gasteiger partial charge is 0.494 e. The van der Waals surface area contributed by atoms with Crippen LogP contribution in [0.2, 0.25) is 0 Å². The van der Waals surface area contributed by atoms with Crippen LogP contribution >= 0.6 is 0 Å². The zero-order valence-electron chi connectivity index (χ0n) is 12.1. The first kappa shape index (κ1) is 13.7. The van der Waals surface area contributed by atoms with Gasteiger partial charge in [-0.2, -0.15) is 0 Å². The van der Waals surface area contributed by atoms with Crippen molar-refractivity contribution < 1.29 is 9.53 Å². The zero-order chi connectivity index (χ0) is 14.0. The first-order chi connectivity index (χ1) is 9.04. The number of amides is 2. The Morgan fingerprint density at radius 2 is 1.95 bits per heavy atom. The van der Waals surface area contributed by atoms with E-state index in [1.807, 2.05) is 61.9 Å². The van der Waals surface area contributed by atoms with Crippen LogP contribution in [-0.4, -0.2) is 42.1 Å². The highest BCUT2D eigenvalue weighted by Crippen LogP contribution is 2.30. The number of benzene rings is 1. The van der Waals surface area contributed by atoms with Gasteiger partial charge in [0.05, 0.1) is 12.6 Å². The second-order valence-electron chi connectivity index (χ2n) is 5.16. The number of carbonyl (C=O) groups excluding carboxylic acids is 1. The maximum atomic E-state index is 12.1. The van der Waals surface area contributed by atoms with Gasteiger partial charge in [0, 0.05) is 19.6 Å². The molecule has 19 heavy (non-hydrogen) atoms. The summed E-state index contributed by atoms with van der Waals surface area (Å²) in [4.78, 5) is 15.8. The van der Waals surface area contributed by atoms with Gasteiger partial charge in [0.15, 0.2) is 0 Å². The van der Waals surface area contributed by atoms with E-state index in [-0.39, 0.29) is 18.1 Å². The molecular formula is C15H22N2O2. The van der Waals surface area contributed by atoms with Crippen molar-refractivity contribution in [1.82, 2.24) is 9.80 Å². The molecular weight excluding hydrogens is 240 g/mol. The SMILES string of the molecule is CCOc1ccc(C2CN(C(C)C)C(=O)N2C)cc1. The molecule has 1 aliphatic rings. The van der Waals surface area contributed by atoms with Crippen LogP contribution in [0.5, 0.6) is 5.75 Å². The lowest BCUT2D eigenvalue weighted by Gasteiger charge is -2.19. The zero-order valence-corrected chi connectivity index (χ0v) is 12.1. The van der Waals surface area contributed by atoms with Gasteiger partial charge < -0.3 is 14.5 Å². The van der Waals surface area contributed by atoms with E-state index in [4.69, 9.17) is 4.74 Å². The molecule has 1 aromatic carbocycles. The molecule has 1 fully saturated rings. The summed E-state index contributed by atoms with van der Waals surface area (Å²) in [6, 6.07) is 8.50. The van der Waals surface area contributed by atoms with E-state index in [9.17, 15) is 4.79 Å². The number of nitrogens with zero attached hydrogens (tertiary/aromatic N) is 2. The molecule has 1 unspecified atom stereocenters. The van der Waals surface area contributed by atoms with Gasteiger partial charge in [-0.05, 0) is 38.5 Å². The van der Waals surface area contributed by atoms with E-state index in [1.165, 1.54) is 0 Å². The van der Waals surface area contributed by atoms with Gasteiger partial charge in [0.25, 0.3) is 0 Å². The Labute approximate surface area is 115 Å². The normalized spacial score (nSPS) is 19.4. The van der Waals surface area contributed by atoms with Crippen LogP contribution in [0.15, 0.2) is 24.3 Å². The molecule has 2 rings (SSSR count). The lowest BCUT2D eigenvalue weighted by Crippen LogP contribution is -2.34. The Balaban J connectivity index is 2.16. The molecule has 0 radical (unpaired) electrons. The predicted octanol–water partition coefficient (Wildman–Crippen LogP) is 2.90. The number of hydrogen-bond donors (Lipinski definition) is 0. The van der Waals surface area contributed by atoms with Crippen molar-refractivity contribution in [2.75, 3.05) is 20.2 Å². The summed E-state index contributed by atoms with van der Waals surface area (Å²) in [5.41, 5.74) is 1.16. The Bertz CT molecular complexity index is 442. The standard InChI is InChI=1S/C15H22N2O2/c1-5-19-13-8-6-12(7-9-13)14-10-17(11(2)3)15(18)16(14)4/h6-9,11,14H,5,10H2,1-4H3. The molecule has 0 aliphatic carbocycles. The minimum Gasteiger partial charge on any atom is -0.494 e. The number of urea groups is 1. The number of rotatable bonds is 4.